The lowest BCUT2D eigenvalue weighted by molar-refractivity contribution is -0.153. The molecule has 0 aromatic carbocycles. The molecule has 0 radical (unpaired) electrons. The van der Waals surface area contributed by atoms with Crippen LogP contribution in [-0.2, 0) is 18.7 Å². The van der Waals surface area contributed by atoms with Crippen molar-refractivity contribution in [3.63, 3.8) is 0 Å². The molecule has 3 atom stereocenters. The number of hydrogen-bond donors (Lipinski definition) is 0. The van der Waals surface area contributed by atoms with Gasteiger partial charge >= 0.3 is 0 Å². The van der Waals surface area contributed by atoms with Crippen LogP contribution in [0.1, 0.15) is 41.5 Å². The third-order valence-electron chi connectivity index (χ3n) is 4.78. The minimum absolute atomic E-state index is 0.0244. The maximum atomic E-state index is 11.9. The van der Waals surface area contributed by atoms with Gasteiger partial charge < -0.3 is 13.9 Å². The monoisotopic (exact) mass is 328 g/mol. The molecular formula is C17H32O4Si. The van der Waals surface area contributed by atoms with Crippen LogP contribution in [0.2, 0.25) is 18.1 Å². The van der Waals surface area contributed by atoms with Crippen LogP contribution < -0.4 is 0 Å². The van der Waals surface area contributed by atoms with Gasteiger partial charge in [0.15, 0.2) is 19.9 Å². The Bertz CT molecular complexity index is 423. The van der Waals surface area contributed by atoms with Crippen LogP contribution in [0.25, 0.3) is 0 Å². The lowest BCUT2D eigenvalue weighted by Gasteiger charge is -2.37. The molecule has 22 heavy (non-hydrogen) atoms. The number of rotatable bonds is 6. The third-order valence-corrected chi connectivity index (χ3v) is 9.28. The second-order valence-corrected chi connectivity index (χ2v) is 12.9. The van der Waals surface area contributed by atoms with E-state index < -0.39 is 14.1 Å². The van der Waals surface area contributed by atoms with Crippen LogP contribution in [0, 0.1) is 5.92 Å². The van der Waals surface area contributed by atoms with Crippen molar-refractivity contribution < 1.29 is 18.7 Å². The summed E-state index contributed by atoms with van der Waals surface area (Å²) >= 11 is 0. The summed E-state index contributed by atoms with van der Waals surface area (Å²) in [5, 5.41) is 0.139. The number of allylic oxidation sites excluding steroid dienone is 1. The molecule has 0 aromatic rings. The van der Waals surface area contributed by atoms with E-state index in [9.17, 15) is 4.79 Å². The fraction of sp³-hybridized carbons (Fsp3) is 0.824. The van der Waals surface area contributed by atoms with Gasteiger partial charge in [0.05, 0.1) is 12.7 Å². The van der Waals surface area contributed by atoms with Crippen LogP contribution in [-0.4, -0.2) is 38.7 Å². The van der Waals surface area contributed by atoms with E-state index in [1.165, 1.54) is 6.08 Å². The van der Waals surface area contributed by atoms with Crippen LogP contribution in [0.15, 0.2) is 12.7 Å². The smallest absolute Gasteiger partial charge is 0.192 e. The zero-order valence-corrected chi connectivity index (χ0v) is 16.4. The molecule has 1 heterocycles. The highest BCUT2D eigenvalue weighted by Crippen LogP contribution is 2.38. The Morgan fingerprint density at radius 3 is 2.36 bits per heavy atom. The molecule has 0 N–H and O–H groups in total. The Balaban J connectivity index is 2.82. The second kappa shape index (κ2) is 6.55. The number of hydrogen-bond acceptors (Lipinski definition) is 4. The van der Waals surface area contributed by atoms with Gasteiger partial charge in [0.25, 0.3) is 0 Å². The van der Waals surface area contributed by atoms with Crippen LogP contribution >= 0.6 is 0 Å². The first-order valence-electron chi connectivity index (χ1n) is 7.96. The van der Waals surface area contributed by atoms with Gasteiger partial charge in [0.1, 0.15) is 6.10 Å². The molecule has 128 valence electrons. The summed E-state index contributed by atoms with van der Waals surface area (Å²) < 4.78 is 18.2. The molecule has 1 fully saturated rings. The molecule has 0 amide bonds. The Labute approximate surface area is 136 Å². The summed E-state index contributed by atoms with van der Waals surface area (Å²) in [5.74, 6) is -1.00. The average molecular weight is 329 g/mol. The highest BCUT2D eigenvalue weighted by atomic mass is 28.4. The predicted octanol–water partition coefficient (Wildman–Crippen LogP) is 3.92. The zero-order chi connectivity index (χ0) is 17.3. The fourth-order valence-corrected chi connectivity index (χ4v) is 3.28. The summed E-state index contributed by atoms with van der Waals surface area (Å²) in [7, 11) is -1.86. The molecule has 0 aromatic heterocycles. The van der Waals surface area contributed by atoms with Crippen molar-refractivity contribution in [2.24, 2.45) is 5.92 Å². The average Bonchev–Trinajstić information content (AvgIpc) is 2.68. The molecule has 0 bridgehead atoms. The maximum absolute atomic E-state index is 11.9. The molecule has 1 aliphatic heterocycles. The van der Waals surface area contributed by atoms with Crippen molar-refractivity contribution in [1.82, 2.24) is 0 Å². The fourth-order valence-electron chi connectivity index (χ4n) is 2.27. The molecule has 1 saturated heterocycles. The second-order valence-electron chi connectivity index (χ2n) is 8.11. The standard InChI is InChI=1S/C17H32O4Si/c1-10-13(18)12(2)15-14(20-17(6,7)21-15)11-19-22(8,9)16(3,4)5/h10,12,14-15H,1,11H2,2-9H3/t12-,14-,15+/m0/s1. The van der Waals surface area contributed by atoms with E-state index in [-0.39, 0.29) is 28.9 Å². The van der Waals surface area contributed by atoms with Gasteiger partial charge in [-0.3, -0.25) is 4.79 Å². The summed E-state index contributed by atoms with van der Waals surface area (Å²) in [5.41, 5.74) is 0. The molecular weight excluding hydrogens is 296 g/mol. The minimum atomic E-state index is -1.86. The molecule has 0 aliphatic carbocycles. The Kier molecular flexibility index (Phi) is 5.82. The topological polar surface area (TPSA) is 44.8 Å². The molecule has 0 unspecified atom stereocenters. The molecule has 4 nitrogen and oxygen atoms in total. The number of carbonyl (C=O) groups excluding carboxylic acids is 1. The highest BCUT2D eigenvalue weighted by molar-refractivity contribution is 6.74. The van der Waals surface area contributed by atoms with Crippen LogP contribution in [0.3, 0.4) is 0 Å². The maximum Gasteiger partial charge on any atom is 0.192 e. The van der Waals surface area contributed by atoms with Crippen molar-refractivity contribution in [3.05, 3.63) is 12.7 Å². The van der Waals surface area contributed by atoms with Crippen LogP contribution in [0.4, 0.5) is 0 Å². The van der Waals surface area contributed by atoms with Crippen molar-refractivity contribution in [2.75, 3.05) is 6.61 Å². The molecule has 1 aliphatic rings. The summed E-state index contributed by atoms with van der Waals surface area (Å²) in [6, 6.07) is 0. The summed E-state index contributed by atoms with van der Waals surface area (Å²) in [6.45, 7) is 20.7. The van der Waals surface area contributed by atoms with Gasteiger partial charge in [-0.25, -0.2) is 0 Å². The molecule has 0 saturated carbocycles. The van der Waals surface area contributed by atoms with E-state index in [0.29, 0.717) is 6.61 Å². The quantitative estimate of drug-likeness (QED) is 0.547. The Morgan fingerprint density at radius 2 is 1.91 bits per heavy atom. The normalized spacial score (nSPS) is 26.7. The van der Waals surface area contributed by atoms with Crippen molar-refractivity contribution in [2.45, 2.75) is 77.7 Å². The molecule has 0 spiro atoms. The van der Waals surface area contributed by atoms with Crippen molar-refractivity contribution in [3.8, 4) is 0 Å². The highest BCUT2D eigenvalue weighted by Gasteiger charge is 2.47. The minimum Gasteiger partial charge on any atom is -0.414 e. The van der Waals surface area contributed by atoms with Gasteiger partial charge in [-0.2, -0.15) is 0 Å². The van der Waals surface area contributed by atoms with Gasteiger partial charge in [-0.1, -0.05) is 34.3 Å². The number of ether oxygens (including phenoxy) is 2. The third kappa shape index (κ3) is 4.51. The van der Waals surface area contributed by atoms with Gasteiger partial charge in [-0.15, -0.1) is 0 Å². The van der Waals surface area contributed by atoms with Crippen molar-refractivity contribution in [1.29, 1.82) is 0 Å². The Morgan fingerprint density at radius 1 is 1.36 bits per heavy atom. The van der Waals surface area contributed by atoms with E-state index >= 15 is 0 Å². The Hall–Kier alpha value is -0.493. The van der Waals surface area contributed by atoms with E-state index in [0.717, 1.165) is 0 Å². The number of carbonyl (C=O) groups is 1. The van der Waals surface area contributed by atoms with E-state index in [1.807, 2.05) is 20.8 Å². The van der Waals surface area contributed by atoms with Gasteiger partial charge in [0.2, 0.25) is 0 Å². The summed E-state index contributed by atoms with van der Waals surface area (Å²) in [4.78, 5) is 11.9. The van der Waals surface area contributed by atoms with Gasteiger partial charge in [-0.05, 0) is 38.1 Å². The number of ketones is 1. The lowest BCUT2D eigenvalue weighted by Crippen LogP contribution is -2.45. The van der Waals surface area contributed by atoms with E-state index in [4.69, 9.17) is 13.9 Å². The predicted molar refractivity (Wildman–Crippen MR) is 91.3 cm³/mol. The lowest BCUT2D eigenvalue weighted by atomic mass is 9.96. The van der Waals surface area contributed by atoms with Crippen molar-refractivity contribution >= 4 is 14.1 Å². The first-order valence-corrected chi connectivity index (χ1v) is 10.9. The molecule has 5 heteroatoms. The largest absolute Gasteiger partial charge is 0.414 e. The first-order chi connectivity index (χ1) is 9.81. The van der Waals surface area contributed by atoms with E-state index in [1.54, 1.807) is 0 Å². The van der Waals surface area contributed by atoms with Crippen LogP contribution in [0.5, 0.6) is 0 Å². The zero-order valence-electron chi connectivity index (χ0n) is 15.4. The first kappa shape index (κ1) is 19.6. The SMILES string of the molecule is C=CC(=O)[C@H](C)[C@H]1OC(C)(C)O[C@H]1CO[Si](C)(C)C(C)(C)C. The van der Waals surface area contributed by atoms with Gasteiger partial charge in [0, 0.05) is 5.92 Å². The van der Waals surface area contributed by atoms with E-state index in [2.05, 4.69) is 40.4 Å². The molecule has 1 rings (SSSR count). The summed E-state index contributed by atoms with van der Waals surface area (Å²) in [6.07, 6.45) is 0.818.